The quantitative estimate of drug-likeness (QED) is 0.109. The minimum atomic E-state index is -0.364. The summed E-state index contributed by atoms with van der Waals surface area (Å²) in [7, 11) is 0. The summed E-state index contributed by atoms with van der Waals surface area (Å²) in [5.74, 6) is 3.25. The zero-order chi connectivity index (χ0) is 31.8. The molecule has 4 unspecified atom stereocenters. The van der Waals surface area contributed by atoms with Gasteiger partial charge in [-0.05, 0) is 126 Å². The first kappa shape index (κ1) is 37.5. The first-order valence-electron chi connectivity index (χ1n) is 18.1. The van der Waals surface area contributed by atoms with Gasteiger partial charge in [-0.2, -0.15) is 0 Å². The van der Waals surface area contributed by atoms with E-state index in [4.69, 9.17) is 0 Å². The molecule has 2 nitrogen and oxygen atoms in total. The molecule has 0 radical (unpaired) electrons. The summed E-state index contributed by atoms with van der Waals surface area (Å²) in [6.45, 7) is 20.2. The van der Waals surface area contributed by atoms with Crippen molar-refractivity contribution < 1.29 is 10.2 Å². The number of rotatable bonds is 20. The van der Waals surface area contributed by atoms with Gasteiger partial charge in [0.25, 0.3) is 0 Å². The van der Waals surface area contributed by atoms with Gasteiger partial charge in [-0.15, -0.1) is 0 Å². The molecule has 0 aromatic carbocycles. The maximum atomic E-state index is 11.1. The number of unbranched alkanes of at least 4 members (excludes halogenated alkanes) is 1. The minimum Gasteiger partial charge on any atom is -0.392 e. The molecule has 8 atom stereocenters. The molecule has 0 aromatic rings. The monoisotopic (exact) mass is 593 g/mol. The second-order valence-electron chi connectivity index (χ2n) is 13.9. The second-order valence-corrected chi connectivity index (χ2v) is 13.9. The third kappa shape index (κ3) is 12.3. The van der Waals surface area contributed by atoms with E-state index in [2.05, 4.69) is 85.4 Å². The van der Waals surface area contributed by atoms with Crippen LogP contribution in [0.15, 0.2) is 71.4 Å². The Balaban J connectivity index is 1.97. The van der Waals surface area contributed by atoms with Gasteiger partial charge in [0.1, 0.15) is 0 Å². The molecule has 0 amide bonds. The Morgan fingerprint density at radius 3 is 2.26 bits per heavy atom. The van der Waals surface area contributed by atoms with Crippen molar-refractivity contribution in [2.75, 3.05) is 0 Å². The molecule has 2 aliphatic rings. The number of hydrogen-bond acceptors (Lipinski definition) is 2. The van der Waals surface area contributed by atoms with Crippen molar-refractivity contribution in [3.63, 3.8) is 0 Å². The highest BCUT2D eigenvalue weighted by molar-refractivity contribution is 5.24. The molecule has 0 fully saturated rings. The molecule has 43 heavy (non-hydrogen) atoms. The van der Waals surface area contributed by atoms with Gasteiger partial charge in [-0.25, -0.2) is 0 Å². The molecule has 0 spiro atoms. The molecular weight excluding hydrogens is 524 g/mol. The van der Waals surface area contributed by atoms with Gasteiger partial charge in [-0.1, -0.05) is 113 Å². The lowest BCUT2D eigenvalue weighted by Crippen LogP contribution is -2.26. The van der Waals surface area contributed by atoms with Crippen LogP contribution in [0.25, 0.3) is 0 Å². The number of aliphatic hydroxyl groups is 2. The first-order valence-corrected chi connectivity index (χ1v) is 18.1. The molecule has 2 heteroatoms. The third-order valence-electron chi connectivity index (χ3n) is 11.1. The highest BCUT2D eigenvalue weighted by Gasteiger charge is 2.27. The van der Waals surface area contributed by atoms with Crippen molar-refractivity contribution in [3.05, 3.63) is 71.4 Å². The molecule has 244 valence electrons. The molecule has 0 aliphatic heterocycles. The zero-order valence-electron chi connectivity index (χ0n) is 29.2. The maximum absolute atomic E-state index is 11.1. The predicted octanol–water partition coefficient (Wildman–Crippen LogP) is 11.5. The SMILES string of the molecule is C=C/C=C(/C)C(CC)CC[C@@H](CCC1C=C[C@@H](C[C@@H](O)C2C=CC=C(C(O)CCCC)C2)CC1)[C@@H](C)C(C)=C(CC)CC. The molecule has 0 saturated heterocycles. The lowest BCUT2D eigenvalue weighted by molar-refractivity contribution is 0.0987. The normalized spacial score (nSPS) is 24.2. The number of hydrogen-bond donors (Lipinski definition) is 2. The van der Waals surface area contributed by atoms with Crippen molar-refractivity contribution >= 4 is 0 Å². The van der Waals surface area contributed by atoms with Crippen LogP contribution in [-0.4, -0.2) is 22.4 Å². The topological polar surface area (TPSA) is 40.5 Å². The largest absolute Gasteiger partial charge is 0.392 e. The minimum absolute atomic E-state index is 0.119. The van der Waals surface area contributed by atoms with E-state index < -0.39 is 0 Å². The third-order valence-corrected chi connectivity index (χ3v) is 11.1. The molecule has 2 rings (SSSR count). The lowest BCUT2D eigenvalue weighted by Gasteiger charge is -2.31. The number of aliphatic hydroxyl groups excluding tert-OH is 2. The Morgan fingerprint density at radius 1 is 0.953 bits per heavy atom. The van der Waals surface area contributed by atoms with E-state index in [9.17, 15) is 10.2 Å². The molecule has 2 aliphatic carbocycles. The van der Waals surface area contributed by atoms with Crippen LogP contribution < -0.4 is 0 Å². The average molecular weight is 593 g/mol. The van der Waals surface area contributed by atoms with Crippen molar-refractivity contribution in [1.29, 1.82) is 0 Å². The van der Waals surface area contributed by atoms with E-state index in [1.807, 2.05) is 12.2 Å². The van der Waals surface area contributed by atoms with Crippen LogP contribution in [0.4, 0.5) is 0 Å². The highest BCUT2D eigenvalue weighted by atomic mass is 16.3. The molecule has 0 heterocycles. The van der Waals surface area contributed by atoms with Crippen LogP contribution in [0.5, 0.6) is 0 Å². The summed E-state index contributed by atoms with van der Waals surface area (Å²) in [6.07, 6.45) is 30.3. The predicted molar refractivity (Wildman–Crippen MR) is 189 cm³/mol. The Morgan fingerprint density at radius 2 is 1.65 bits per heavy atom. The smallest absolute Gasteiger partial charge is 0.0753 e. The summed E-state index contributed by atoms with van der Waals surface area (Å²) in [5, 5.41) is 21.7. The second kappa shape index (κ2) is 20.4. The molecule has 0 bridgehead atoms. The molecular formula is C41H68O2. The summed E-state index contributed by atoms with van der Waals surface area (Å²) in [6, 6.07) is 0. The van der Waals surface area contributed by atoms with Gasteiger partial charge < -0.3 is 10.2 Å². The van der Waals surface area contributed by atoms with Crippen molar-refractivity contribution in [2.24, 2.45) is 35.5 Å². The molecule has 0 saturated carbocycles. The van der Waals surface area contributed by atoms with E-state index in [1.165, 1.54) is 63.4 Å². The first-order chi connectivity index (χ1) is 20.7. The van der Waals surface area contributed by atoms with Crippen molar-refractivity contribution in [3.8, 4) is 0 Å². The standard InChI is InChI=1S/C41H68O2/c1-9-14-19-40(42)38-17-15-18-39(29-38)41(43)28-34-22-20-33(21-23-34)24-25-37(32(8)31(7)35(11-3)12-4)27-26-36(13-5)30(6)16-10-2/h10,15-18,20,22,32-34,36-37,39-43H,2,9,11-14,19,21,23-29H2,1,3-8H3/b30-16-/t32-,33?,34+,36?,37+,39?,40?,41+/m0/s1. The molecule has 2 N–H and O–H groups in total. The Labute approximate surface area is 267 Å². The Bertz CT molecular complexity index is 956. The zero-order valence-corrected chi connectivity index (χ0v) is 29.2. The maximum Gasteiger partial charge on any atom is 0.0753 e. The lowest BCUT2D eigenvalue weighted by atomic mass is 9.75. The van der Waals surface area contributed by atoms with E-state index in [0.717, 1.165) is 43.6 Å². The van der Waals surface area contributed by atoms with Crippen LogP contribution in [-0.2, 0) is 0 Å². The van der Waals surface area contributed by atoms with Gasteiger partial charge >= 0.3 is 0 Å². The van der Waals surface area contributed by atoms with Gasteiger partial charge in [0, 0.05) is 5.92 Å². The van der Waals surface area contributed by atoms with Gasteiger partial charge in [0.15, 0.2) is 0 Å². The summed E-state index contributed by atoms with van der Waals surface area (Å²) in [5.41, 5.74) is 5.86. The fraction of sp³-hybridized carbons (Fsp3) is 0.707. The summed E-state index contributed by atoms with van der Waals surface area (Å²) in [4.78, 5) is 0. The highest BCUT2D eigenvalue weighted by Crippen LogP contribution is 2.38. The van der Waals surface area contributed by atoms with Crippen molar-refractivity contribution in [2.45, 2.75) is 151 Å². The fourth-order valence-electron chi connectivity index (χ4n) is 7.73. The van der Waals surface area contributed by atoms with E-state index in [1.54, 1.807) is 11.1 Å². The van der Waals surface area contributed by atoms with Gasteiger partial charge in [0.05, 0.1) is 12.2 Å². The van der Waals surface area contributed by atoms with Crippen molar-refractivity contribution in [1.82, 2.24) is 0 Å². The fourth-order valence-corrected chi connectivity index (χ4v) is 7.73. The van der Waals surface area contributed by atoms with E-state index >= 15 is 0 Å². The Kier molecular flexibility index (Phi) is 17.8. The summed E-state index contributed by atoms with van der Waals surface area (Å²) < 4.78 is 0. The van der Waals surface area contributed by atoms with Gasteiger partial charge in [-0.3, -0.25) is 0 Å². The molecule has 0 aromatic heterocycles. The van der Waals surface area contributed by atoms with E-state index in [-0.39, 0.29) is 18.1 Å². The van der Waals surface area contributed by atoms with Gasteiger partial charge in [0.2, 0.25) is 0 Å². The van der Waals surface area contributed by atoms with Crippen LogP contribution in [0.2, 0.25) is 0 Å². The van der Waals surface area contributed by atoms with Crippen LogP contribution >= 0.6 is 0 Å². The van der Waals surface area contributed by atoms with Crippen LogP contribution in [0, 0.1) is 35.5 Å². The number of allylic oxidation sites excluding steroid dienone is 9. The van der Waals surface area contributed by atoms with Crippen LogP contribution in [0.3, 0.4) is 0 Å². The van der Waals surface area contributed by atoms with Crippen LogP contribution in [0.1, 0.15) is 138 Å². The average Bonchev–Trinajstić information content (AvgIpc) is 3.02. The van der Waals surface area contributed by atoms with E-state index in [0.29, 0.717) is 23.7 Å². The Hall–Kier alpha value is -1.64. The summed E-state index contributed by atoms with van der Waals surface area (Å²) >= 11 is 0.